The molecule has 0 spiro atoms. The predicted molar refractivity (Wildman–Crippen MR) is 151 cm³/mol. The van der Waals surface area contributed by atoms with Crippen molar-refractivity contribution in [1.82, 2.24) is 0 Å². The highest BCUT2D eigenvalue weighted by atomic mass is 33.2. The molecule has 0 saturated carbocycles. The van der Waals surface area contributed by atoms with E-state index in [1.54, 1.807) is 24.3 Å². The van der Waals surface area contributed by atoms with Gasteiger partial charge in [0.05, 0.1) is 9.79 Å². The summed E-state index contributed by atoms with van der Waals surface area (Å²) < 4.78 is 51.9. The summed E-state index contributed by atoms with van der Waals surface area (Å²) in [4.78, 5) is -0.337. The van der Waals surface area contributed by atoms with Gasteiger partial charge in [-0.15, -0.1) is 0 Å². The lowest BCUT2D eigenvalue weighted by atomic mass is 10.0. The van der Waals surface area contributed by atoms with Crippen LogP contribution in [0.4, 0.5) is 0 Å². The number of hydrogen-bond donors (Lipinski definition) is 0. The van der Waals surface area contributed by atoms with E-state index in [1.807, 2.05) is 0 Å². The maximum absolute atomic E-state index is 13.0. The SMILES string of the molecule is CCCCCCCCCc1ccc(S(=O)(=O)S(=O)(=O)c2ccc(CCCCCCCCC)cc2)cc1. The number of hydrogen-bond acceptors (Lipinski definition) is 4. The van der Waals surface area contributed by atoms with E-state index in [0.29, 0.717) is 0 Å². The molecule has 0 aliphatic carbocycles. The lowest BCUT2D eigenvalue weighted by Gasteiger charge is -2.09. The molecule has 0 radical (unpaired) electrons. The predicted octanol–water partition coefficient (Wildman–Crippen LogP) is 8.44. The highest BCUT2D eigenvalue weighted by Gasteiger charge is 2.33. The van der Waals surface area contributed by atoms with E-state index in [0.717, 1.165) is 49.7 Å². The molecule has 6 heteroatoms. The first-order valence-corrected chi connectivity index (χ1v) is 17.5. The molecule has 0 aromatic heterocycles. The van der Waals surface area contributed by atoms with Crippen LogP contribution in [0.3, 0.4) is 0 Å². The van der Waals surface area contributed by atoms with Crippen molar-refractivity contribution < 1.29 is 16.8 Å². The van der Waals surface area contributed by atoms with Gasteiger partial charge < -0.3 is 0 Å². The average Bonchev–Trinajstić information content (AvgIpc) is 2.88. The van der Waals surface area contributed by atoms with Gasteiger partial charge in [0.2, 0.25) is 0 Å². The first kappa shape index (κ1) is 30.6. The molecular formula is C30H46O4S2. The smallest absolute Gasteiger partial charge is 0.207 e. The number of unbranched alkanes of at least 4 members (excludes halogenated alkanes) is 12. The highest BCUT2D eigenvalue weighted by molar-refractivity contribution is 8.67. The first-order chi connectivity index (χ1) is 17.3. The Hall–Kier alpha value is -1.66. The fourth-order valence-electron chi connectivity index (χ4n) is 4.47. The standard InChI is InChI=1S/C30H46O4S2/c1-3-5-7-9-11-13-15-17-27-19-23-29(24-20-27)35(31,32)36(33,34)30-25-21-28(22-26-30)18-16-14-12-10-8-6-4-2/h19-26H,3-18H2,1-2H3. The van der Waals surface area contributed by atoms with E-state index in [2.05, 4.69) is 13.8 Å². The van der Waals surface area contributed by atoms with Gasteiger partial charge in [-0.25, -0.2) is 16.8 Å². The van der Waals surface area contributed by atoms with Gasteiger partial charge in [-0.1, -0.05) is 115 Å². The van der Waals surface area contributed by atoms with Crippen LogP contribution in [0.25, 0.3) is 0 Å². The molecule has 202 valence electrons. The van der Waals surface area contributed by atoms with Crippen LogP contribution in [-0.2, 0) is 30.6 Å². The Labute approximate surface area is 220 Å². The summed E-state index contributed by atoms with van der Waals surface area (Å²) >= 11 is 0. The molecule has 0 aliphatic rings. The molecule has 36 heavy (non-hydrogen) atoms. The number of aryl methyl sites for hydroxylation is 2. The lowest BCUT2D eigenvalue weighted by molar-refractivity contribution is 0.582. The molecule has 2 aromatic carbocycles. The number of benzene rings is 2. The summed E-state index contributed by atoms with van der Waals surface area (Å²) in [7, 11) is -9.04. The Bertz CT molecular complexity index is 981. The monoisotopic (exact) mass is 534 g/mol. The Morgan fingerprint density at radius 1 is 0.417 bits per heavy atom. The van der Waals surface area contributed by atoms with Crippen molar-refractivity contribution in [1.29, 1.82) is 0 Å². The van der Waals surface area contributed by atoms with Crippen LogP contribution >= 0.6 is 0 Å². The van der Waals surface area contributed by atoms with Gasteiger partial charge >= 0.3 is 0 Å². The molecule has 0 N–H and O–H groups in total. The van der Waals surface area contributed by atoms with E-state index in [-0.39, 0.29) is 9.79 Å². The minimum absolute atomic E-state index is 0.169. The maximum Gasteiger partial charge on any atom is 0.286 e. The first-order valence-electron chi connectivity index (χ1n) is 14.0. The molecule has 0 unspecified atom stereocenters. The normalized spacial score (nSPS) is 12.2. The van der Waals surface area contributed by atoms with Crippen LogP contribution in [-0.4, -0.2) is 16.8 Å². The van der Waals surface area contributed by atoms with E-state index in [9.17, 15) is 16.8 Å². The van der Waals surface area contributed by atoms with E-state index < -0.39 is 17.7 Å². The topological polar surface area (TPSA) is 68.3 Å². The Balaban J connectivity index is 1.89. The van der Waals surface area contributed by atoms with Gasteiger partial charge in [-0.2, -0.15) is 0 Å². The molecule has 0 heterocycles. The minimum Gasteiger partial charge on any atom is -0.207 e. The van der Waals surface area contributed by atoms with E-state index in [4.69, 9.17) is 0 Å². The van der Waals surface area contributed by atoms with Crippen molar-refractivity contribution >= 4 is 17.7 Å². The second kappa shape index (κ2) is 16.2. The van der Waals surface area contributed by atoms with Gasteiger partial charge in [0.25, 0.3) is 17.7 Å². The lowest BCUT2D eigenvalue weighted by Crippen LogP contribution is -2.16. The van der Waals surface area contributed by atoms with Crippen LogP contribution in [0.2, 0.25) is 0 Å². The molecule has 0 bridgehead atoms. The fourth-order valence-corrected chi connectivity index (χ4v) is 8.10. The molecule has 2 rings (SSSR count). The zero-order chi connectivity index (χ0) is 26.3. The highest BCUT2D eigenvalue weighted by Crippen LogP contribution is 2.26. The molecule has 0 aliphatic heterocycles. The second-order valence-corrected chi connectivity index (χ2v) is 15.3. The summed E-state index contributed by atoms with van der Waals surface area (Å²) in [5, 5.41) is 0. The van der Waals surface area contributed by atoms with Crippen molar-refractivity contribution in [2.45, 2.75) is 126 Å². The van der Waals surface area contributed by atoms with Gasteiger partial charge in [0.15, 0.2) is 0 Å². The van der Waals surface area contributed by atoms with Crippen molar-refractivity contribution in [3.8, 4) is 0 Å². The van der Waals surface area contributed by atoms with Crippen LogP contribution in [0, 0.1) is 0 Å². The third-order valence-corrected chi connectivity index (χ3v) is 12.0. The zero-order valence-electron chi connectivity index (χ0n) is 22.4. The summed E-state index contributed by atoms with van der Waals surface area (Å²) in [5.74, 6) is 0. The summed E-state index contributed by atoms with van der Waals surface area (Å²) in [6.07, 6.45) is 18.8. The minimum atomic E-state index is -4.52. The summed E-state index contributed by atoms with van der Waals surface area (Å²) in [5.41, 5.74) is 2.07. The van der Waals surface area contributed by atoms with Crippen LogP contribution in [0.1, 0.15) is 115 Å². The van der Waals surface area contributed by atoms with Gasteiger partial charge in [0, 0.05) is 0 Å². The third kappa shape index (κ3) is 9.66. The average molecular weight is 535 g/mol. The van der Waals surface area contributed by atoms with Gasteiger partial charge in [-0.3, -0.25) is 0 Å². The fraction of sp³-hybridized carbons (Fsp3) is 0.600. The van der Waals surface area contributed by atoms with Crippen LogP contribution < -0.4 is 0 Å². The Kier molecular flexibility index (Phi) is 13.8. The number of rotatable bonds is 19. The summed E-state index contributed by atoms with van der Waals surface area (Å²) in [6, 6.07) is 12.7. The Morgan fingerprint density at radius 2 is 0.694 bits per heavy atom. The quantitative estimate of drug-likeness (QED) is 0.134. The van der Waals surface area contributed by atoms with Gasteiger partial charge in [0.1, 0.15) is 0 Å². The Morgan fingerprint density at radius 3 is 1.00 bits per heavy atom. The van der Waals surface area contributed by atoms with Crippen LogP contribution in [0.5, 0.6) is 0 Å². The molecule has 0 saturated heterocycles. The second-order valence-electron chi connectivity index (χ2n) is 9.94. The molecule has 0 atom stereocenters. The molecule has 4 nitrogen and oxygen atoms in total. The summed E-state index contributed by atoms with van der Waals surface area (Å²) in [6.45, 7) is 4.42. The van der Waals surface area contributed by atoms with Crippen LogP contribution in [0.15, 0.2) is 58.3 Å². The van der Waals surface area contributed by atoms with Crippen molar-refractivity contribution in [3.05, 3.63) is 59.7 Å². The van der Waals surface area contributed by atoms with Crippen molar-refractivity contribution in [2.75, 3.05) is 0 Å². The van der Waals surface area contributed by atoms with E-state index >= 15 is 0 Å². The molecule has 2 aromatic rings. The van der Waals surface area contributed by atoms with Crippen molar-refractivity contribution in [2.24, 2.45) is 0 Å². The van der Waals surface area contributed by atoms with Gasteiger partial charge in [-0.05, 0) is 61.1 Å². The zero-order valence-corrected chi connectivity index (χ0v) is 24.0. The molecule has 0 amide bonds. The third-order valence-electron chi connectivity index (χ3n) is 6.85. The molecular weight excluding hydrogens is 488 g/mol. The van der Waals surface area contributed by atoms with E-state index in [1.165, 1.54) is 88.5 Å². The molecule has 0 fully saturated rings. The maximum atomic E-state index is 13.0. The largest absolute Gasteiger partial charge is 0.286 e. The van der Waals surface area contributed by atoms with Crippen molar-refractivity contribution in [3.63, 3.8) is 0 Å².